The van der Waals surface area contributed by atoms with Crippen LogP contribution in [0, 0.1) is 6.92 Å². The van der Waals surface area contributed by atoms with Gasteiger partial charge in [-0.15, -0.1) is 11.5 Å². The largest absolute Gasteiger partial charge is 0.239 e. The maximum Gasteiger partial charge on any atom is 0.112 e. The lowest BCUT2D eigenvalue weighted by molar-refractivity contribution is 0.845. The molecule has 1 nitrogen and oxygen atoms in total. The van der Waals surface area contributed by atoms with Crippen molar-refractivity contribution in [2.24, 2.45) is 4.99 Å². The van der Waals surface area contributed by atoms with Gasteiger partial charge in [-0.3, -0.25) is 0 Å². The van der Waals surface area contributed by atoms with Gasteiger partial charge in [0, 0.05) is 23.1 Å². The highest BCUT2D eigenvalue weighted by Gasteiger charge is 2.16. The molecule has 0 heterocycles. The van der Waals surface area contributed by atoms with E-state index in [2.05, 4.69) is 202 Å². The van der Waals surface area contributed by atoms with Gasteiger partial charge in [-0.25, -0.2) is 4.99 Å². The van der Waals surface area contributed by atoms with Crippen LogP contribution in [0.4, 0.5) is 0 Å². The Labute approximate surface area is 344 Å². The zero-order chi connectivity index (χ0) is 39.7. The molecule has 0 aliphatic heterocycles. The Morgan fingerprint density at radius 1 is 0.638 bits per heavy atom. The minimum atomic E-state index is 0.257. The molecule has 2 aliphatic rings. The number of benzene rings is 6. The highest BCUT2D eigenvalue weighted by molar-refractivity contribution is 6.11. The quantitative estimate of drug-likeness (QED) is 0.0978. The van der Waals surface area contributed by atoms with Crippen molar-refractivity contribution in [3.05, 3.63) is 251 Å². The van der Waals surface area contributed by atoms with E-state index in [0.717, 1.165) is 58.4 Å². The number of rotatable bonds is 10. The summed E-state index contributed by atoms with van der Waals surface area (Å²) in [4.78, 5) is 5.26. The Kier molecular flexibility index (Phi) is 11.7. The highest BCUT2D eigenvalue weighted by atomic mass is 14.8. The van der Waals surface area contributed by atoms with Gasteiger partial charge >= 0.3 is 0 Å². The second kappa shape index (κ2) is 17.8. The fourth-order valence-corrected chi connectivity index (χ4v) is 7.91. The molecule has 0 radical (unpaired) electrons. The van der Waals surface area contributed by atoms with Crippen LogP contribution in [0.25, 0.3) is 44.7 Å². The molecule has 280 valence electrons. The predicted octanol–water partition coefficient (Wildman–Crippen LogP) is 15.1. The van der Waals surface area contributed by atoms with Crippen LogP contribution in [0.3, 0.4) is 0 Å². The fraction of sp³-hybridized carbons (Fsp3) is 0.105. The van der Waals surface area contributed by atoms with Crippen molar-refractivity contribution in [2.45, 2.75) is 39.0 Å². The molecule has 0 bridgehead atoms. The second-order valence-corrected chi connectivity index (χ2v) is 14.9. The lowest BCUT2D eigenvalue weighted by Crippen LogP contribution is -2.01. The van der Waals surface area contributed by atoms with Crippen LogP contribution in [0.1, 0.15) is 59.9 Å². The molecule has 0 aromatic heterocycles. The van der Waals surface area contributed by atoms with Crippen LogP contribution in [0.2, 0.25) is 0 Å². The summed E-state index contributed by atoms with van der Waals surface area (Å²) in [5.74, 6) is 0.257. The standard InChI is InChI=1S/C57H47N/c1-4-56(53-39-51(43-20-9-5-10-21-43)38-52(40-53)44-22-11-6-12-23-44)58-57(46-26-15-8-16-27-46)35-34-41(2)47-28-17-29-48(36-47)49-30-18-31-50(37-49)55-33-19-32-54(42(55)3)45-24-13-7-14-25-45/h5,7-11,13-28,30-33,35-40,48H,1,6,12,29H2,2-3H3. The van der Waals surface area contributed by atoms with Gasteiger partial charge in [0.05, 0.1) is 5.71 Å². The van der Waals surface area contributed by atoms with Crippen molar-refractivity contribution in [1.29, 1.82) is 0 Å². The zero-order valence-electron chi connectivity index (χ0n) is 33.3. The smallest absolute Gasteiger partial charge is 0.112 e. The fourth-order valence-electron chi connectivity index (χ4n) is 7.91. The number of nitrogens with zero attached hydrogens (tertiary/aromatic N) is 1. The molecule has 0 saturated carbocycles. The number of aliphatic imine (C=N–C) groups is 1. The van der Waals surface area contributed by atoms with Gasteiger partial charge in [0.2, 0.25) is 0 Å². The molecule has 58 heavy (non-hydrogen) atoms. The van der Waals surface area contributed by atoms with Crippen LogP contribution in [-0.2, 0) is 0 Å². The summed E-state index contributed by atoms with van der Waals surface area (Å²) in [7, 11) is 0. The first-order valence-electron chi connectivity index (χ1n) is 20.2. The van der Waals surface area contributed by atoms with E-state index in [-0.39, 0.29) is 5.92 Å². The maximum atomic E-state index is 5.26. The molecule has 0 fully saturated rings. The Morgan fingerprint density at radius 2 is 1.31 bits per heavy atom. The van der Waals surface area contributed by atoms with E-state index in [1.165, 1.54) is 44.5 Å². The van der Waals surface area contributed by atoms with Crippen LogP contribution < -0.4 is 0 Å². The molecule has 1 heteroatoms. The minimum Gasteiger partial charge on any atom is -0.239 e. The minimum absolute atomic E-state index is 0.257. The average Bonchev–Trinajstić information content (AvgIpc) is 3.30. The summed E-state index contributed by atoms with van der Waals surface area (Å²) in [5, 5.41) is 0. The molecule has 0 saturated heterocycles. The van der Waals surface area contributed by atoms with E-state index in [1.54, 1.807) is 0 Å². The van der Waals surface area contributed by atoms with Crippen LogP contribution >= 0.6 is 0 Å². The molecule has 1 atom stereocenters. The van der Waals surface area contributed by atoms with Gasteiger partial charge in [-0.2, -0.15) is 0 Å². The first-order chi connectivity index (χ1) is 28.5. The van der Waals surface area contributed by atoms with Crippen LogP contribution in [0.15, 0.2) is 228 Å². The molecular formula is C57H47N. The highest BCUT2D eigenvalue weighted by Crippen LogP contribution is 2.36. The van der Waals surface area contributed by atoms with Crippen LogP contribution in [-0.4, -0.2) is 5.71 Å². The van der Waals surface area contributed by atoms with Crippen molar-refractivity contribution in [2.75, 3.05) is 0 Å². The number of hydrogen-bond acceptors (Lipinski definition) is 1. The molecule has 0 amide bonds. The Balaban J connectivity index is 1.13. The molecule has 6 aromatic rings. The first kappa shape index (κ1) is 37.9. The zero-order valence-corrected chi connectivity index (χ0v) is 33.3. The lowest BCUT2D eigenvalue weighted by Gasteiger charge is -2.19. The summed E-state index contributed by atoms with van der Waals surface area (Å²) in [6.07, 6.45) is 18.8. The number of hydrogen-bond donors (Lipinski definition) is 0. The van der Waals surface area contributed by atoms with Crippen molar-refractivity contribution in [3.63, 3.8) is 0 Å². The molecule has 0 N–H and O–H groups in total. The summed E-state index contributed by atoms with van der Waals surface area (Å²) in [5.41, 5.74) is 24.8. The van der Waals surface area contributed by atoms with Gasteiger partial charge in [0.15, 0.2) is 0 Å². The molecule has 8 rings (SSSR count). The molecule has 6 aromatic carbocycles. The summed E-state index contributed by atoms with van der Waals surface area (Å²) in [6, 6.07) is 53.9. The molecule has 0 spiro atoms. The van der Waals surface area contributed by atoms with Crippen molar-refractivity contribution >= 4 is 17.0 Å². The first-order valence-corrected chi connectivity index (χ1v) is 20.2. The number of allylic oxidation sites excluding steroid dienone is 9. The third-order valence-corrected chi connectivity index (χ3v) is 11.1. The monoisotopic (exact) mass is 745 g/mol. The maximum absolute atomic E-state index is 5.26. The Morgan fingerprint density at radius 3 is 2.03 bits per heavy atom. The van der Waals surface area contributed by atoms with Crippen molar-refractivity contribution < 1.29 is 0 Å². The molecular weight excluding hydrogens is 699 g/mol. The Hall–Kier alpha value is -7.01. The Bertz CT molecular complexity index is 2720. The van der Waals surface area contributed by atoms with E-state index in [1.807, 2.05) is 24.3 Å². The topological polar surface area (TPSA) is 12.4 Å². The second-order valence-electron chi connectivity index (χ2n) is 14.9. The summed E-state index contributed by atoms with van der Waals surface area (Å²) >= 11 is 0. The SMILES string of the molecule is C=C=C(N=C(C=C=C(C)C1=CC(c2cccc(-c3cccc(-c4ccccc4)c3C)c2)CC=C1)c1ccccc1)c1cc(C2=CCCC=C2)cc(-c2ccccc2)c1. The lowest BCUT2D eigenvalue weighted by atomic mass is 9.85. The third-order valence-electron chi connectivity index (χ3n) is 11.1. The van der Waals surface area contributed by atoms with Crippen LogP contribution in [0.5, 0.6) is 0 Å². The van der Waals surface area contributed by atoms with E-state index in [9.17, 15) is 0 Å². The average molecular weight is 746 g/mol. The third kappa shape index (κ3) is 8.68. The van der Waals surface area contributed by atoms with Crippen molar-refractivity contribution in [3.8, 4) is 33.4 Å². The molecule has 2 aliphatic carbocycles. The van der Waals surface area contributed by atoms with E-state index in [0.29, 0.717) is 5.70 Å². The van der Waals surface area contributed by atoms with Gasteiger partial charge < -0.3 is 0 Å². The van der Waals surface area contributed by atoms with Gasteiger partial charge in [0.25, 0.3) is 0 Å². The van der Waals surface area contributed by atoms with Gasteiger partial charge in [-0.05, 0) is 118 Å². The van der Waals surface area contributed by atoms with E-state index < -0.39 is 0 Å². The van der Waals surface area contributed by atoms with Gasteiger partial charge in [-0.1, -0.05) is 176 Å². The predicted molar refractivity (Wildman–Crippen MR) is 248 cm³/mol. The summed E-state index contributed by atoms with van der Waals surface area (Å²) < 4.78 is 0. The van der Waals surface area contributed by atoms with Crippen molar-refractivity contribution in [1.82, 2.24) is 0 Å². The van der Waals surface area contributed by atoms with E-state index in [4.69, 9.17) is 4.99 Å². The summed E-state index contributed by atoms with van der Waals surface area (Å²) in [6.45, 7) is 8.50. The normalized spacial score (nSPS) is 14.8. The molecule has 1 unspecified atom stereocenters. The van der Waals surface area contributed by atoms with E-state index >= 15 is 0 Å². The van der Waals surface area contributed by atoms with Gasteiger partial charge in [0.1, 0.15) is 5.70 Å².